The Labute approximate surface area is 174 Å². The highest BCUT2D eigenvalue weighted by atomic mass is 35.5. The minimum absolute atomic E-state index is 0.0437. The van der Waals surface area contributed by atoms with Crippen LogP contribution >= 0.6 is 11.6 Å². The second kappa shape index (κ2) is 7.98. The summed E-state index contributed by atoms with van der Waals surface area (Å²) < 4.78 is 44.8. The van der Waals surface area contributed by atoms with Gasteiger partial charge in [0.2, 0.25) is 5.88 Å². The molecule has 0 N–H and O–H groups in total. The molecule has 2 aromatic heterocycles. The molecular formula is C20H16ClF3N4O2. The number of halogens is 4. The number of benzene rings is 1. The SMILES string of the molecule is O=c1c(Cl)c(N2CCC(Oc3ccc(C(F)(F)F)cn3)C2)cnn1-c1ccccc1. The number of hydrogen-bond acceptors (Lipinski definition) is 5. The zero-order chi connectivity index (χ0) is 21.3. The van der Waals surface area contributed by atoms with Gasteiger partial charge >= 0.3 is 6.18 Å². The van der Waals surface area contributed by atoms with Crippen molar-refractivity contribution in [1.82, 2.24) is 14.8 Å². The molecule has 1 aliphatic rings. The topological polar surface area (TPSA) is 60.3 Å². The van der Waals surface area contributed by atoms with Crippen molar-refractivity contribution >= 4 is 17.3 Å². The second-order valence-corrected chi connectivity index (χ2v) is 7.13. The van der Waals surface area contributed by atoms with Crippen LogP contribution in [0.4, 0.5) is 18.9 Å². The van der Waals surface area contributed by atoms with Crippen LogP contribution in [0.3, 0.4) is 0 Å². The van der Waals surface area contributed by atoms with Crippen molar-refractivity contribution in [1.29, 1.82) is 0 Å². The Bertz CT molecular complexity index is 1090. The molecule has 1 aliphatic heterocycles. The summed E-state index contributed by atoms with van der Waals surface area (Å²) in [6.45, 7) is 0.959. The molecule has 4 rings (SSSR count). The predicted octanol–water partition coefficient (Wildman–Crippen LogP) is 3.96. The monoisotopic (exact) mass is 436 g/mol. The molecular weight excluding hydrogens is 421 g/mol. The largest absolute Gasteiger partial charge is 0.472 e. The summed E-state index contributed by atoms with van der Waals surface area (Å²) in [5.74, 6) is 0.110. The molecule has 1 saturated heterocycles. The standard InChI is InChI=1S/C20H16ClF3N4O2/c21-18-16(11-26-28(19(18)29)14-4-2-1-3-5-14)27-9-8-15(12-27)30-17-7-6-13(10-25-17)20(22,23)24/h1-7,10-11,15H,8-9,12H2. The van der Waals surface area contributed by atoms with E-state index < -0.39 is 17.3 Å². The molecule has 1 fully saturated rings. The van der Waals surface area contributed by atoms with Gasteiger partial charge in [0.05, 0.1) is 29.7 Å². The normalized spacial score (nSPS) is 16.7. The maximum absolute atomic E-state index is 12.6. The first kappa shape index (κ1) is 20.2. The molecule has 0 spiro atoms. The van der Waals surface area contributed by atoms with E-state index in [0.29, 0.717) is 30.9 Å². The van der Waals surface area contributed by atoms with Gasteiger partial charge in [0.15, 0.2) is 0 Å². The molecule has 1 aromatic carbocycles. The van der Waals surface area contributed by atoms with Gasteiger partial charge < -0.3 is 9.64 Å². The molecule has 3 aromatic rings. The number of nitrogens with zero attached hydrogens (tertiary/aromatic N) is 4. The third-order valence-corrected chi connectivity index (χ3v) is 5.09. The van der Waals surface area contributed by atoms with Crippen LogP contribution in [-0.2, 0) is 6.18 Å². The Morgan fingerprint density at radius 2 is 1.87 bits per heavy atom. The number of aromatic nitrogens is 3. The van der Waals surface area contributed by atoms with Gasteiger partial charge in [-0.2, -0.15) is 23.0 Å². The molecule has 0 saturated carbocycles. The summed E-state index contributed by atoms with van der Waals surface area (Å²) in [5.41, 5.74) is -0.179. The lowest BCUT2D eigenvalue weighted by Crippen LogP contribution is -2.29. The molecule has 0 bridgehead atoms. The van der Waals surface area contributed by atoms with Crippen LogP contribution in [-0.4, -0.2) is 34.0 Å². The van der Waals surface area contributed by atoms with Gasteiger partial charge in [-0.15, -0.1) is 0 Å². The Hall–Kier alpha value is -3.07. The Morgan fingerprint density at radius 3 is 2.53 bits per heavy atom. The predicted molar refractivity (Wildman–Crippen MR) is 105 cm³/mol. The molecule has 10 heteroatoms. The van der Waals surface area contributed by atoms with Crippen LogP contribution in [0.15, 0.2) is 59.7 Å². The summed E-state index contributed by atoms with van der Waals surface area (Å²) in [4.78, 5) is 18.2. The number of alkyl halides is 3. The maximum atomic E-state index is 12.6. The summed E-state index contributed by atoms with van der Waals surface area (Å²) in [7, 11) is 0. The number of ether oxygens (including phenoxy) is 1. The zero-order valence-corrected chi connectivity index (χ0v) is 16.3. The first-order valence-corrected chi connectivity index (χ1v) is 9.49. The van der Waals surface area contributed by atoms with Crippen molar-refractivity contribution in [2.45, 2.75) is 18.7 Å². The molecule has 6 nitrogen and oxygen atoms in total. The van der Waals surface area contributed by atoms with Crippen LogP contribution in [0.25, 0.3) is 5.69 Å². The van der Waals surface area contributed by atoms with Gasteiger partial charge in [0.25, 0.3) is 5.56 Å². The number of rotatable bonds is 4. The number of hydrogen-bond donors (Lipinski definition) is 0. The highest BCUT2D eigenvalue weighted by Crippen LogP contribution is 2.30. The van der Waals surface area contributed by atoms with Crippen molar-refractivity contribution in [2.24, 2.45) is 0 Å². The number of para-hydroxylation sites is 1. The van der Waals surface area contributed by atoms with Crippen LogP contribution in [0.2, 0.25) is 5.02 Å². The van der Waals surface area contributed by atoms with Gasteiger partial charge in [0.1, 0.15) is 11.1 Å². The summed E-state index contributed by atoms with van der Waals surface area (Å²) in [6.07, 6.45) is -1.89. The van der Waals surface area contributed by atoms with E-state index in [1.165, 1.54) is 16.9 Å². The lowest BCUT2D eigenvalue weighted by molar-refractivity contribution is -0.137. The highest BCUT2D eigenvalue weighted by Gasteiger charge is 2.31. The van der Waals surface area contributed by atoms with E-state index in [0.717, 1.165) is 12.3 Å². The van der Waals surface area contributed by atoms with Gasteiger partial charge in [-0.1, -0.05) is 29.8 Å². The van der Waals surface area contributed by atoms with E-state index in [2.05, 4.69) is 10.1 Å². The Balaban J connectivity index is 1.47. The molecule has 0 amide bonds. The van der Waals surface area contributed by atoms with Crippen molar-refractivity contribution in [3.63, 3.8) is 0 Å². The van der Waals surface area contributed by atoms with Gasteiger partial charge in [-0.3, -0.25) is 4.79 Å². The molecule has 0 radical (unpaired) electrons. The fourth-order valence-electron chi connectivity index (χ4n) is 3.23. The summed E-state index contributed by atoms with van der Waals surface area (Å²) >= 11 is 6.32. The fourth-order valence-corrected chi connectivity index (χ4v) is 3.48. The maximum Gasteiger partial charge on any atom is 0.417 e. The average Bonchev–Trinajstić information content (AvgIpc) is 3.18. The van der Waals surface area contributed by atoms with Crippen molar-refractivity contribution in [2.75, 3.05) is 18.0 Å². The highest BCUT2D eigenvalue weighted by molar-refractivity contribution is 6.33. The average molecular weight is 437 g/mol. The number of pyridine rings is 1. The van der Waals surface area contributed by atoms with E-state index in [1.54, 1.807) is 24.3 Å². The fraction of sp³-hybridized carbons (Fsp3) is 0.250. The number of anilines is 1. The summed E-state index contributed by atoms with van der Waals surface area (Å²) in [6, 6.07) is 11.1. The zero-order valence-electron chi connectivity index (χ0n) is 15.5. The molecule has 30 heavy (non-hydrogen) atoms. The Morgan fingerprint density at radius 1 is 1.10 bits per heavy atom. The van der Waals surface area contributed by atoms with E-state index in [1.807, 2.05) is 11.0 Å². The van der Waals surface area contributed by atoms with Crippen molar-refractivity contribution < 1.29 is 17.9 Å². The molecule has 1 atom stereocenters. The third-order valence-electron chi connectivity index (χ3n) is 4.74. The minimum Gasteiger partial charge on any atom is -0.472 e. The molecule has 156 valence electrons. The van der Waals surface area contributed by atoms with Crippen LogP contribution < -0.4 is 15.2 Å². The Kier molecular flexibility index (Phi) is 5.38. The lowest BCUT2D eigenvalue weighted by Gasteiger charge is -2.20. The molecule has 0 aliphatic carbocycles. The van der Waals surface area contributed by atoms with E-state index in [9.17, 15) is 18.0 Å². The molecule has 1 unspecified atom stereocenters. The van der Waals surface area contributed by atoms with E-state index in [4.69, 9.17) is 16.3 Å². The van der Waals surface area contributed by atoms with Crippen molar-refractivity contribution in [3.05, 3.63) is 75.8 Å². The third kappa shape index (κ3) is 4.11. The van der Waals surface area contributed by atoms with Gasteiger partial charge in [-0.25, -0.2) is 4.98 Å². The lowest BCUT2D eigenvalue weighted by atomic mass is 10.3. The molecule has 3 heterocycles. The van der Waals surface area contributed by atoms with Gasteiger partial charge in [-0.05, 0) is 18.2 Å². The van der Waals surface area contributed by atoms with Crippen molar-refractivity contribution in [3.8, 4) is 11.6 Å². The van der Waals surface area contributed by atoms with E-state index in [-0.39, 0.29) is 17.0 Å². The van der Waals surface area contributed by atoms with Crippen LogP contribution in [0, 0.1) is 0 Å². The first-order valence-electron chi connectivity index (χ1n) is 9.11. The van der Waals surface area contributed by atoms with Gasteiger partial charge in [0, 0.05) is 25.2 Å². The first-order chi connectivity index (χ1) is 14.3. The van der Waals surface area contributed by atoms with E-state index >= 15 is 0 Å². The minimum atomic E-state index is -4.45. The quantitative estimate of drug-likeness (QED) is 0.619. The van der Waals surface area contributed by atoms with Crippen LogP contribution in [0.1, 0.15) is 12.0 Å². The summed E-state index contributed by atoms with van der Waals surface area (Å²) in [5, 5.41) is 4.26. The smallest absolute Gasteiger partial charge is 0.417 e. The van der Waals surface area contributed by atoms with Crippen LogP contribution in [0.5, 0.6) is 5.88 Å². The second-order valence-electron chi connectivity index (χ2n) is 6.75.